The van der Waals surface area contributed by atoms with Gasteiger partial charge in [0.05, 0.1) is 0 Å². The van der Waals surface area contributed by atoms with Crippen molar-refractivity contribution in [1.29, 1.82) is 0 Å². The van der Waals surface area contributed by atoms with E-state index < -0.39 is 0 Å². The van der Waals surface area contributed by atoms with Crippen LogP contribution in [-0.2, 0) is 4.79 Å². The maximum atomic E-state index is 14.6. The van der Waals surface area contributed by atoms with Gasteiger partial charge in [-0.3, -0.25) is 4.79 Å². The third kappa shape index (κ3) is 6.16. The van der Waals surface area contributed by atoms with Crippen LogP contribution in [0.5, 0.6) is 0 Å². The van der Waals surface area contributed by atoms with E-state index in [1.54, 1.807) is 0 Å². The lowest BCUT2D eigenvalue weighted by atomic mass is 9.75. The molecule has 0 aromatic heterocycles. The Bertz CT molecular complexity index is 1280. The van der Waals surface area contributed by atoms with Gasteiger partial charge in [-0.2, -0.15) is 0 Å². The van der Waals surface area contributed by atoms with Gasteiger partial charge < -0.3 is 9.80 Å². The molecule has 4 unspecified atom stereocenters. The molecule has 3 nitrogen and oxygen atoms in total. The van der Waals surface area contributed by atoms with Gasteiger partial charge in [0.15, 0.2) is 0 Å². The zero-order chi connectivity index (χ0) is 29.5. The van der Waals surface area contributed by atoms with Crippen molar-refractivity contribution in [2.24, 2.45) is 11.8 Å². The van der Waals surface area contributed by atoms with Gasteiger partial charge >= 0.3 is 0 Å². The molecule has 0 N–H and O–H groups in total. The van der Waals surface area contributed by atoms with E-state index in [2.05, 4.69) is 147 Å². The molecule has 1 aliphatic carbocycles. The number of hydrogen-bond acceptors (Lipinski definition) is 3. The summed E-state index contributed by atoms with van der Waals surface area (Å²) in [5.74, 6) is 0.418. The van der Waals surface area contributed by atoms with Crippen molar-refractivity contribution >= 4 is 17.2 Å². The molecule has 0 bridgehead atoms. The van der Waals surface area contributed by atoms with Crippen LogP contribution in [0, 0.1) is 11.8 Å². The number of benzene rings is 4. The van der Waals surface area contributed by atoms with E-state index in [1.165, 1.54) is 33.6 Å². The fourth-order valence-corrected chi connectivity index (χ4v) is 7.18. The summed E-state index contributed by atoms with van der Waals surface area (Å²) >= 11 is 0. The molecule has 1 saturated carbocycles. The zero-order valence-corrected chi connectivity index (χ0v) is 25.7. The molecule has 0 heterocycles. The highest BCUT2D eigenvalue weighted by Gasteiger charge is 2.44. The van der Waals surface area contributed by atoms with Crippen LogP contribution >= 0.6 is 0 Å². The molecule has 0 radical (unpaired) electrons. The van der Waals surface area contributed by atoms with Crippen LogP contribution in [-0.4, -0.2) is 32.0 Å². The number of ketones is 1. The SMILES string of the molecule is CCN(CC)c1ccc(C(c2ccccc2)C2CCC(C(c3ccccc3)c3ccc(N(CC)CC)cc3)C2=O)cc1. The lowest BCUT2D eigenvalue weighted by Crippen LogP contribution is -2.26. The van der Waals surface area contributed by atoms with Gasteiger partial charge in [0.2, 0.25) is 0 Å². The molecule has 1 fully saturated rings. The molecular formula is C39H46N2O. The van der Waals surface area contributed by atoms with E-state index in [-0.39, 0.29) is 23.7 Å². The maximum Gasteiger partial charge on any atom is 0.140 e. The zero-order valence-electron chi connectivity index (χ0n) is 25.7. The first-order valence-electron chi connectivity index (χ1n) is 15.9. The Labute approximate surface area is 253 Å². The van der Waals surface area contributed by atoms with E-state index in [4.69, 9.17) is 0 Å². The van der Waals surface area contributed by atoms with E-state index in [9.17, 15) is 4.79 Å². The third-order valence-corrected chi connectivity index (χ3v) is 9.40. The first kappa shape index (κ1) is 29.6. The van der Waals surface area contributed by atoms with Gasteiger partial charge in [-0.1, -0.05) is 84.9 Å². The highest BCUT2D eigenvalue weighted by molar-refractivity contribution is 5.88. The van der Waals surface area contributed by atoms with E-state index >= 15 is 0 Å². The normalized spacial score (nSPS) is 18.0. The van der Waals surface area contributed by atoms with Crippen LogP contribution in [0.25, 0.3) is 0 Å². The summed E-state index contributed by atoms with van der Waals surface area (Å²) in [4.78, 5) is 19.3. The largest absolute Gasteiger partial charge is 0.372 e. The van der Waals surface area contributed by atoms with Crippen molar-refractivity contribution in [3.8, 4) is 0 Å². The summed E-state index contributed by atoms with van der Waals surface area (Å²) < 4.78 is 0. The summed E-state index contributed by atoms with van der Waals surface area (Å²) in [5.41, 5.74) is 7.40. The smallest absolute Gasteiger partial charge is 0.140 e. The molecule has 0 spiro atoms. The predicted molar refractivity (Wildman–Crippen MR) is 178 cm³/mol. The van der Waals surface area contributed by atoms with Crippen molar-refractivity contribution in [2.45, 2.75) is 52.4 Å². The highest BCUT2D eigenvalue weighted by atomic mass is 16.1. The number of hydrogen-bond donors (Lipinski definition) is 0. The first-order chi connectivity index (χ1) is 20.6. The quantitative estimate of drug-likeness (QED) is 0.173. The lowest BCUT2D eigenvalue weighted by molar-refractivity contribution is -0.124. The van der Waals surface area contributed by atoms with Crippen LogP contribution in [0.4, 0.5) is 11.4 Å². The van der Waals surface area contributed by atoms with Gasteiger partial charge in [0.25, 0.3) is 0 Å². The van der Waals surface area contributed by atoms with Crippen molar-refractivity contribution < 1.29 is 4.79 Å². The topological polar surface area (TPSA) is 23.6 Å². The molecule has 218 valence electrons. The van der Waals surface area contributed by atoms with Gasteiger partial charge in [-0.05, 0) is 87.1 Å². The van der Waals surface area contributed by atoms with Crippen LogP contribution < -0.4 is 9.80 Å². The Morgan fingerprint density at radius 2 is 0.810 bits per heavy atom. The number of rotatable bonds is 12. The minimum Gasteiger partial charge on any atom is -0.372 e. The van der Waals surface area contributed by atoms with Crippen molar-refractivity contribution in [2.75, 3.05) is 36.0 Å². The molecule has 42 heavy (non-hydrogen) atoms. The average Bonchev–Trinajstić information content (AvgIpc) is 3.41. The predicted octanol–water partition coefficient (Wildman–Crippen LogP) is 8.94. The molecule has 5 rings (SSSR count). The summed E-state index contributed by atoms with van der Waals surface area (Å²) in [7, 11) is 0. The maximum absolute atomic E-state index is 14.6. The van der Waals surface area contributed by atoms with E-state index in [1.807, 2.05) is 0 Å². The molecule has 0 amide bonds. The number of nitrogens with zero attached hydrogens (tertiary/aromatic N) is 2. The first-order valence-corrected chi connectivity index (χ1v) is 15.9. The number of carbonyl (C=O) groups excluding carboxylic acids is 1. The van der Waals surface area contributed by atoms with E-state index in [0.717, 1.165) is 39.0 Å². The Kier molecular flexibility index (Phi) is 9.79. The molecule has 4 atom stereocenters. The molecule has 3 heteroatoms. The second kappa shape index (κ2) is 13.9. The molecule has 0 saturated heterocycles. The standard InChI is InChI=1S/C39H46N2O/c1-5-40(6-2)33-23-19-31(20-24-33)37(29-15-11-9-12-16-29)35-27-28-36(39(35)42)38(30-17-13-10-14-18-30)32-21-25-34(26-22-32)41(7-3)8-4/h9-26,35-38H,5-8,27-28H2,1-4H3. The highest BCUT2D eigenvalue weighted by Crippen LogP contribution is 2.48. The fourth-order valence-electron chi connectivity index (χ4n) is 7.18. The Morgan fingerprint density at radius 3 is 1.12 bits per heavy atom. The Morgan fingerprint density at radius 1 is 0.500 bits per heavy atom. The summed E-state index contributed by atoms with van der Waals surface area (Å²) in [5, 5.41) is 0. The van der Waals surface area contributed by atoms with Gasteiger partial charge in [-0.25, -0.2) is 0 Å². The van der Waals surface area contributed by atoms with Crippen molar-refractivity contribution in [3.63, 3.8) is 0 Å². The van der Waals surface area contributed by atoms with E-state index in [0.29, 0.717) is 5.78 Å². The van der Waals surface area contributed by atoms with Crippen LogP contribution in [0.2, 0.25) is 0 Å². The van der Waals surface area contributed by atoms with Gasteiger partial charge in [-0.15, -0.1) is 0 Å². The average molecular weight is 559 g/mol. The number of carbonyl (C=O) groups is 1. The Balaban J connectivity index is 1.50. The number of anilines is 2. The second-order valence-electron chi connectivity index (χ2n) is 11.5. The van der Waals surface area contributed by atoms with Gasteiger partial charge in [0.1, 0.15) is 5.78 Å². The summed E-state index contributed by atoms with van der Waals surface area (Å²) in [6, 6.07) is 39.3. The minimum absolute atomic E-state index is 0.0436. The number of Topliss-reactive ketones (excluding diaryl/α,β-unsaturated/α-hetero) is 1. The van der Waals surface area contributed by atoms with Crippen LogP contribution in [0.15, 0.2) is 109 Å². The minimum atomic E-state index is -0.0436. The molecule has 4 aromatic rings. The molecule has 4 aromatic carbocycles. The summed E-state index contributed by atoms with van der Waals surface area (Å²) in [6.45, 7) is 12.7. The van der Waals surface area contributed by atoms with Crippen molar-refractivity contribution in [1.82, 2.24) is 0 Å². The summed E-state index contributed by atoms with van der Waals surface area (Å²) in [6.07, 6.45) is 1.81. The van der Waals surface area contributed by atoms with Crippen LogP contribution in [0.3, 0.4) is 0 Å². The molecular weight excluding hydrogens is 512 g/mol. The van der Waals surface area contributed by atoms with Gasteiger partial charge in [0, 0.05) is 61.2 Å². The van der Waals surface area contributed by atoms with Crippen molar-refractivity contribution in [3.05, 3.63) is 131 Å². The monoisotopic (exact) mass is 558 g/mol. The molecule has 0 aliphatic heterocycles. The fraction of sp³-hybridized carbons (Fsp3) is 0.359. The molecule has 1 aliphatic rings. The third-order valence-electron chi connectivity index (χ3n) is 9.40. The van der Waals surface area contributed by atoms with Crippen LogP contribution in [0.1, 0.15) is 74.6 Å². The second-order valence-corrected chi connectivity index (χ2v) is 11.5. The lowest BCUT2D eigenvalue weighted by Gasteiger charge is -2.28. The Hall–Kier alpha value is -3.85.